The molecule has 1 aromatic heterocycles. The van der Waals surface area contributed by atoms with Gasteiger partial charge in [0.1, 0.15) is 5.75 Å². The lowest BCUT2D eigenvalue weighted by atomic mass is 10.1. The van der Waals surface area contributed by atoms with E-state index >= 15 is 0 Å². The quantitative estimate of drug-likeness (QED) is 0.457. The number of aromatic nitrogens is 1. The maximum atomic E-state index is 12.1. The summed E-state index contributed by atoms with van der Waals surface area (Å²) in [6.07, 6.45) is 4.76. The first-order chi connectivity index (χ1) is 13.5. The lowest BCUT2D eigenvalue weighted by Crippen LogP contribution is -2.26. The lowest BCUT2D eigenvalue weighted by molar-refractivity contribution is -0.130. The van der Waals surface area contributed by atoms with Crippen molar-refractivity contribution in [3.05, 3.63) is 42.0 Å². The van der Waals surface area contributed by atoms with Crippen LogP contribution in [0.15, 0.2) is 36.4 Å². The Balaban J connectivity index is 1.71. The van der Waals surface area contributed by atoms with E-state index in [0.29, 0.717) is 6.42 Å². The Kier molecular flexibility index (Phi) is 6.61. The van der Waals surface area contributed by atoms with Crippen LogP contribution in [0.5, 0.6) is 5.75 Å². The topological polar surface area (TPSA) is 34.5 Å². The minimum atomic E-state index is 0.265. The largest absolute Gasteiger partial charge is 0.497 e. The number of aryl methyl sites for hydroxylation is 2. The molecular formula is C24H32N2O2. The molecule has 0 unspecified atom stereocenters. The monoisotopic (exact) mass is 380 g/mol. The van der Waals surface area contributed by atoms with E-state index in [0.717, 1.165) is 44.5 Å². The van der Waals surface area contributed by atoms with E-state index in [1.165, 1.54) is 27.4 Å². The van der Waals surface area contributed by atoms with Gasteiger partial charge < -0.3 is 14.2 Å². The average molecular weight is 381 g/mol. The molecule has 28 heavy (non-hydrogen) atoms. The van der Waals surface area contributed by atoms with Crippen LogP contribution in [0.25, 0.3) is 21.8 Å². The number of carbonyl (C=O) groups excluding carboxylic acids is 1. The van der Waals surface area contributed by atoms with Gasteiger partial charge in [-0.3, -0.25) is 4.79 Å². The molecule has 4 heteroatoms. The normalized spacial score (nSPS) is 11.3. The number of fused-ring (bicyclic) bond motifs is 3. The Hall–Kier alpha value is -2.49. The number of unbranched alkanes of at least 4 members (excludes halogenated alkanes) is 2. The van der Waals surface area contributed by atoms with Gasteiger partial charge in [0.25, 0.3) is 0 Å². The SMILES string of the molecule is CCCN(C)C(=O)CCCCCn1c2ccc(C)cc2c2cc(OC)ccc21. The predicted molar refractivity (Wildman–Crippen MR) is 117 cm³/mol. The number of carbonyl (C=O) groups is 1. The van der Waals surface area contributed by atoms with Gasteiger partial charge in [-0.2, -0.15) is 0 Å². The Bertz CT molecular complexity index is 958. The first-order valence-corrected chi connectivity index (χ1v) is 10.4. The summed E-state index contributed by atoms with van der Waals surface area (Å²) >= 11 is 0. The van der Waals surface area contributed by atoms with Crippen LogP contribution in [-0.2, 0) is 11.3 Å². The number of methoxy groups -OCH3 is 1. The van der Waals surface area contributed by atoms with E-state index < -0.39 is 0 Å². The molecule has 1 heterocycles. The van der Waals surface area contributed by atoms with Crippen LogP contribution < -0.4 is 4.74 Å². The third-order valence-electron chi connectivity index (χ3n) is 5.48. The highest BCUT2D eigenvalue weighted by Gasteiger charge is 2.12. The van der Waals surface area contributed by atoms with Gasteiger partial charge in [0.05, 0.1) is 7.11 Å². The number of ether oxygens (including phenoxy) is 1. The molecule has 0 saturated heterocycles. The van der Waals surface area contributed by atoms with Gasteiger partial charge in [-0.05, 0) is 56.5 Å². The van der Waals surface area contributed by atoms with E-state index in [9.17, 15) is 4.79 Å². The Labute approximate surface area is 168 Å². The van der Waals surface area contributed by atoms with Crippen molar-refractivity contribution in [3.8, 4) is 5.75 Å². The van der Waals surface area contributed by atoms with E-state index in [1.807, 2.05) is 18.0 Å². The second-order valence-electron chi connectivity index (χ2n) is 7.68. The molecule has 0 aliphatic carbocycles. The van der Waals surface area contributed by atoms with Gasteiger partial charge in [0.2, 0.25) is 5.91 Å². The summed E-state index contributed by atoms with van der Waals surface area (Å²) in [7, 11) is 3.62. The van der Waals surface area contributed by atoms with Crippen molar-refractivity contribution in [1.82, 2.24) is 9.47 Å². The molecule has 3 rings (SSSR count). The van der Waals surface area contributed by atoms with Crippen molar-refractivity contribution in [2.75, 3.05) is 20.7 Å². The smallest absolute Gasteiger partial charge is 0.222 e. The molecule has 0 radical (unpaired) electrons. The van der Waals surface area contributed by atoms with Gasteiger partial charge in [0, 0.05) is 48.4 Å². The highest BCUT2D eigenvalue weighted by Crippen LogP contribution is 2.32. The van der Waals surface area contributed by atoms with Crippen molar-refractivity contribution in [2.45, 2.75) is 52.5 Å². The van der Waals surface area contributed by atoms with Crippen LogP contribution in [0.2, 0.25) is 0 Å². The summed E-state index contributed by atoms with van der Waals surface area (Å²) in [6.45, 7) is 6.05. The Morgan fingerprint density at radius 1 is 1.04 bits per heavy atom. The second kappa shape index (κ2) is 9.13. The fourth-order valence-electron chi connectivity index (χ4n) is 3.94. The number of benzene rings is 2. The summed E-state index contributed by atoms with van der Waals surface area (Å²) in [5.41, 5.74) is 3.79. The number of nitrogens with zero attached hydrogens (tertiary/aromatic N) is 2. The van der Waals surface area contributed by atoms with Crippen LogP contribution in [0.1, 0.15) is 44.6 Å². The first-order valence-electron chi connectivity index (χ1n) is 10.4. The average Bonchev–Trinajstić information content (AvgIpc) is 3.00. The van der Waals surface area contributed by atoms with Gasteiger partial charge in [-0.25, -0.2) is 0 Å². The minimum Gasteiger partial charge on any atom is -0.497 e. The molecule has 0 atom stereocenters. The molecular weight excluding hydrogens is 348 g/mol. The highest BCUT2D eigenvalue weighted by molar-refractivity contribution is 6.08. The Morgan fingerprint density at radius 3 is 2.46 bits per heavy atom. The Morgan fingerprint density at radius 2 is 1.75 bits per heavy atom. The zero-order valence-electron chi connectivity index (χ0n) is 17.6. The molecule has 3 aromatic rings. The number of amides is 1. The zero-order valence-corrected chi connectivity index (χ0v) is 17.6. The summed E-state index contributed by atoms with van der Waals surface area (Å²) < 4.78 is 7.85. The predicted octanol–water partition coefficient (Wildman–Crippen LogP) is 5.54. The molecule has 0 aliphatic rings. The van der Waals surface area contributed by atoms with E-state index in [1.54, 1.807) is 7.11 Å². The van der Waals surface area contributed by atoms with Crippen LogP contribution in [0, 0.1) is 6.92 Å². The maximum Gasteiger partial charge on any atom is 0.222 e. The number of rotatable bonds is 9. The van der Waals surface area contributed by atoms with Crippen molar-refractivity contribution < 1.29 is 9.53 Å². The van der Waals surface area contributed by atoms with Crippen molar-refractivity contribution >= 4 is 27.7 Å². The van der Waals surface area contributed by atoms with Gasteiger partial charge >= 0.3 is 0 Å². The molecule has 0 N–H and O–H groups in total. The molecule has 0 spiro atoms. The third-order valence-corrected chi connectivity index (χ3v) is 5.48. The van der Waals surface area contributed by atoms with Gasteiger partial charge in [0.15, 0.2) is 0 Å². The van der Waals surface area contributed by atoms with Crippen molar-refractivity contribution in [3.63, 3.8) is 0 Å². The van der Waals surface area contributed by atoms with Crippen molar-refractivity contribution in [2.24, 2.45) is 0 Å². The summed E-state index contributed by atoms with van der Waals surface area (Å²) in [5.74, 6) is 1.16. The molecule has 2 aromatic carbocycles. The number of hydrogen-bond acceptors (Lipinski definition) is 2. The standard InChI is InChI=1S/C24H32N2O2/c1-5-14-25(3)24(27)9-7-6-8-15-26-22-12-10-18(2)16-20(22)21-17-19(28-4)11-13-23(21)26/h10-13,16-17H,5-9,14-15H2,1-4H3. The third kappa shape index (κ3) is 4.32. The molecule has 0 bridgehead atoms. The molecule has 4 nitrogen and oxygen atoms in total. The van der Waals surface area contributed by atoms with Crippen LogP contribution in [0.4, 0.5) is 0 Å². The maximum absolute atomic E-state index is 12.1. The summed E-state index contributed by atoms with van der Waals surface area (Å²) in [4.78, 5) is 13.9. The second-order valence-corrected chi connectivity index (χ2v) is 7.68. The summed E-state index contributed by atoms with van der Waals surface area (Å²) in [5, 5.41) is 2.53. The lowest BCUT2D eigenvalue weighted by Gasteiger charge is -2.15. The summed E-state index contributed by atoms with van der Waals surface area (Å²) in [6, 6.07) is 13.0. The highest BCUT2D eigenvalue weighted by atomic mass is 16.5. The molecule has 0 fully saturated rings. The fourth-order valence-corrected chi connectivity index (χ4v) is 3.94. The van der Waals surface area contributed by atoms with Crippen LogP contribution in [0.3, 0.4) is 0 Å². The first kappa shape index (κ1) is 20.2. The van der Waals surface area contributed by atoms with Crippen LogP contribution in [-0.4, -0.2) is 36.1 Å². The zero-order chi connectivity index (χ0) is 20.1. The minimum absolute atomic E-state index is 0.265. The van der Waals surface area contributed by atoms with Crippen LogP contribution >= 0.6 is 0 Å². The van der Waals surface area contributed by atoms with E-state index in [4.69, 9.17) is 4.74 Å². The fraction of sp³-hybridized carbons (Fsp3) is 0.458. The van der Waals surface area contributed by atoms with Gasteiger partial charge in [-0.15, -0.1) is 0 Å². The molecule has 150 valence electrons. The van der Waals surface area contributed by atoms with E-state index in [-0.39, 0.29) is 5.91 Å². The molecule has 0 saturated carbocycles. The molecule has 1 amide bonds. The van der Waals surface area contributed by atoms with Crippen molar-refractivity contribution in [1.29, 1.82) is 0 Å². The van der Waals surface area contributed by atoms with Gasteiger partial charge in [-0.1, -0.05) is 25.0 Å². The molecule has 0 aliphatic heterocycles. The van der Waals surface area contributed by atoms with E-state index in [2.05, 4.69) is 48.7 Å². The number of hydrogen-bond donors (Lipinski definition) is 0.